The predicted octanol–water partition coefficient (Wildman–Crippen LogP) is 1.20. The highest BCUT2D eigenvalue weighted by molar-refractivity contribution is 5.87. The fourth-order valence-electron chi connectivity index (χ4n) is 4.35. The van der Waals surface area contributed by atoms with E-state index in [0.717, 1.165) is 31.1 Å². The van der Waals surface area contributed by atoms with Crippen molar-refractivity contribution in [2.45, 2.75) is 44.6 Å². The summed E-state index contributed by atoms with van der Waals surface area (Å²) in [6.45, 7) is 7.31. The van der Waals surface area contributed by atoms with Crippen molar-refractivity contribution in [2.75, 3.05) is 39.3 Å². The molecule has 0 saturated carbocycles. The van der Waals surface area contributed by atoms with Gasteiger partial charge in [0, 0.05) is 38.0 Å². The molecule has 5 atom stereocenters. The van der Waals surface area contributed by atoms with Crippen LogP contribution >= 0.6 is 12.4 Å². The van der Waals surface area contributed by atoms with E-state index in [4.69, 9.17) is 20.5 Å². The van der Waals surface area contributed by atoms with Crippen LogP contribution in [0.2, 0.25) is 0 Å². The molecule has 4 rings (SSSR count). The number of carbonyl (C=O) groups excluding carboxylic acids is 2. The maximum atomic E-state index is 8.67. The second-order valence-corrected chi connectivity index (χ2v) is 7.22. The second kappa shape index (κ2) is 11.6. The van der Waals surface area contributed by atoms with E-state index in [0.29, 0.717) is 12.0 Å². The van der Waals surface area contributed by atoms with Gasteiger partial charge < -0.3 is 20.7 Å². The van der Waals surface area contributed by atoms with Gasteiger partial charge in [-0.2, -0.15) is 9.59 Å². The van der Waals surface area contributed by atoms with Crippen molar-refractivity contribution in [3.05, 3.63) is 0 Å². The Bertz CT molecular complexity index is 455. The zero-order valence-electron chi connectivity index (χ0n) is 14.8. The minimum absolute atomic E-state index is 0. The van der Waals surface area contributed by atoms with Crippen molar-refractivity contribution >= 4 is 24.3 Å². The number of nitrogens with zero attached hydrogens (tertiary/aromatic N) is 3. The van der Waals surface area contributed by atoms with E-state index in [2.05, 4.69) is 15.0 Å². The molecule has 0 spiro atoms. The Balaban J connectivity index is 0.000000210. The first-order valence-corrected chi connectivity index (χ1v) is 9.08. The average Bonchev–Trinajstić information content (AvgIpc) is 2.61. The third-order valence-electron chi connectivity index (χ3n) is 5.72. The van der Waals surface area contributed by atoms with Gasteiger partial charge in [-0.15, -0.1) is 12.4 Å². The zero-order valence-corrected chi connectivity index (χ0v) is 15.6. The Morgan fingerprint density at radius 2 is 1.64 bits per heavy atom. The lowest BCUT2D eigenvalue weighted by atomic mass is 9.86. The van der Waals surface area contributed by atoms with Gasteiger partial charge in [0.25, 0.3) is 0 Å². The van der Waals surface area contributed by atoms with Crippen LogP contribution in [0.25, 0.3) is 0 Å². The van der Waals surface area contributed by atoms with Crippen LogP contribution in [0.3, 0.4) is 0 Å². The summed E-state index contributed by atoms with van der Waals surface area (Å²) in [4.78, 5) is 21.3. The largest absolute Gasteiger partial charge is 0.411 e. The summed E-state index contributed by atoms with van der Waals surface area (Å²) < 4.78 is 0. The highest BCUT2D eigenvalue weighted by Gasteiger charge is 2.29. The van der Waals surface area contributed by atoms with Crippen molar-refractivity contribution < 1.29 is 14.8 Å². The summed E-state index contributed by atoms with van der Waals surface area (Å²) in [5, 5.41) is 12.0. The van der Waals surface area contributed by atoms with Gasteiger partial charge in [0.05, 0.1) is 5.71 Å². The van der Waals surface area contributed by atoms with Gasteiger partial charge in [-0.05, 0) is 57.7 Å². The topological polar surface area (TPSA) is 99.2 Å². The number of nitrogens with two attached hydrogens (primary N) is 1. The normalized spacial score (nSPS) is 37.2. The lowest BCUT2D eigenvalue weighted by Crippen LogP contribution is -2.50. The van der Waals surface area contributed by atoms with Crippen LogP contribution in [-0.2, 0) is 9.59 Å². The lowest BCUT2D eigenvalue weighted by Gasteiger charge is -2.41. The van der Waals surface area contributed by atoms with E-state index in [1.54, 1.807) is 0 Å². The van der Waals surface area contributed by atoms with Crippen LogP contribution in [0.1, 0.15) is 38.5 Å². The zero-order chi connectivity index (χ0) is 17.4. The molecule has 3 N–H and O–H groups in total. The SMILES string of the molecule is Cl.NC1CCN2CCCC1C2.O/N=C1\CCN2CCCC1C2.O=C=O. The molecule has 0 amide bonds. The number of hydrogen-bond donors (Lipinski definition) is 2. The fourth-order valence-corrected chi connectivity index (χ4v) is 4.35. The van der Waals surface area contributed by atoms with E-state index in [1.165, 1.54) is 58.3 Å². The molecule has 4 aliphatic heterocycles. The molecule has 4 saturated heterocycles. The fraction of sp³-hybridized carbons (Fsp3) is 0.882. The minimum atomic E-state index is 0. The van der Waals surface area contributed by atoms with Crippen molar-refractivity contribution in [2.24, 2.45) is 22.7 Å². The first-order chi connectivity index (χ1) is 11.7. The van der Waals surface area contributed by atoms with Gasteiger partial charge in [0.15, 0.2) is 0 Å². The Hall–Kier alpha value is -0.980. The van der Waals surface area contributed by atoms with Gasteiger partial charge in [0.1, 0.15) is 0 Å². The molecule has 0 aliphatic carbocycles. The molecule has 8 heteroatoms. The molecular weight excluding hydrogens is 344 g/mol. The maximum absolute atomic E-state index is 8.67. The van der Waals surface area contributed by atoms with Gasteiger partial charge in [-0.1, -0.05) is 5.16 Å². The third-order valence-corrected chi connectivity index (χ3v) is 5.72. The van der Waals surface area contributed by atoms with E-state index in [-0.39, 0.29) is 18.6 Å². The highest BCUT2D eigenvalue weighted by Crippen LogP contribution is 2.25. The molecule has 4 heterocycles. The average molecular weight is 375 g/mol. The van der Waals surface area contributed by atoms with E-state index in [1.807, 2.05) is 0 Å². The number of oxime groups is 1. The van der Waals surface area contributed by atoms with E-state index < -0.39 is 0 Å². The molecule has 7 nitrogen and oxygen atoms in total. The van der Waals surface area contributed by atoms with E-state index in [9.17, 15) is 0 Å². The van der Waals surface area contributed by atoms with Gasteiger partial charge in [0.2, 0.25) is 0 Å². The Morgan fingerprint density at radius 3 is 2.28 bits per heavy atom. The molecular formula is C17H31ClN4O3. The first-order valence-electron chi connectivity index (χ1n) is 9.08. The monoisotopic (exact) mass is 374 g/mol. The van der Waals surface area contributed by atoms with Crippen molar-refractivity contribution in [3.8, 4) is 0 Å². The van der Waals surface area contributed by atoms with Crippen LogP contribution in [0, 0.1) is 11.8 Å². The smallest absolute Gasteiger partial charge is 0.373 e. The van der Waals surface area contributed by atoms with Gasteiger partial charge >= 0.3 is 6.15 Å². The van der Waals surface area contributed by atoms with Crippen LogP contribution in [0.4, 0.5) is 0 Å². The standard InChI is InChI=1S/C8H14N2O.C8H16N2.CO2.ClH/c11-9-8-3-5-10-4-1-2-7(8)6-10;9-8-3-5-10-4-1-2-7(8)6-10;2-1-3;/h7,11H,1-6H2;7-8H,1-6,9H2;;1H/b9-8+;;;. The van der Waals surface area contributed by atoms with Crippen molar-refractivity contribution in [1.29, 1.82) is 0 Å². The number of rotatable bonds is 0. The Kier molecular flexibility index (Phi) is 10.2. The molecule has 144 valence electrons. The van der Waals surface area contributed by atoms with Crippen LogP contribution in [-0.4, -0.2) is 72.2 Å². The van der Waals surface area contributed by atoms with Crippen LogP contribution in [0.15, 0.2) is 5.16 Å². The molecule has 25 heavy (non-hydrogen) atoms. The molecule has 0 aromatic carbocycles. The number of hydrogen-bond acceptors (Lipinski definition) is 7. The summed E-state index contributed by atoms with van der Waals surface area (Å²) >= 11 is 0. The predicted molar refractivity (Wildman–Crippen MR) is 97.0 cm³/mol. The molecule has 4 fully saturated rings. The Morgan fingerprint density at radius 1 is 1.00 bits per heavy atom. The van der Waals surface area contributed by atoms with Crippen LogP contribution < -0.4 is 5.73 Å². The summed E-state index contributed by atoms with van der Waals surface area (Å²) in [7, 11) is 0. The first kappa shape index (κ1) is 22.1. The lowest BCUT2D eigenvalue weighted by molar-refractivity contribution is -0.191. The third kappa shape index (κ3) is 6.68. The molecule has 4 bridgehead atoms. The van der Waals surface area contributed by atoms with Crippen molar-refractivity contribution in [1.82, 2.24) is 9.80 Å². The van der Waals surface area contributed by atoms with E-state index >= 15 is 0 Å². The number of piperidine rings is 4. The number of fused-ring (bicyclic) bond motifs is 4. The summed E-state index contributed by atoms with van der Waals surface area (Å²) in [5.41, 5.74) is 6.99. The quantitative estimate of drug-likeness (QED) is 0.488. The molecule has 0 aromatic rings. The van der Waals surface area contributed by atoms with Crippen molar-refractivity contribution in [3.63, 3.8) is 0 Å². The Labute approximate surface area is 156 Å². The summed E-state index contributed by atoms with van der Waals surface area (Å²) in [6.07, 6.45) is 7.68. The molecule has 5 unspecified atom stereocenters. The minimum Gasteiger partial charge on any atom is -0.411 e. The summed E-state index contributed by atoms with van der Waals surface area (Å²) in [5.74, 6) is 1.38. The summed E-state index contributed by atoms with van der Waals surface area (Å²) in [6, 6.07) is 0.511. The maximum Gasteiger partial charge on any atom is 0.373 e. The second-order valence-electron chi connectivity index (χ2n) is 7.22. The molecule has 0 aromatic heterocycles. The molecule has 4 aliphatic rings. The van der Waals surface area contributed by atoms with Gasteiger partial charge in [-0.3, -0.25) is 0 Å². The molecule has 0 radical (unpaired) electrons. The van der Waals surface area contributed by atoms with Crippen LogP contribution in [0.5, 0.6) is 0 Å². The van der Waals surface area contributed by atoms with Gasteiger partial charge in [-0.25, -0.2) is 0 Å². The number of halogens is 1. The highest BCUT2D eigenvalue weighted by atomic mass is 35.5.